The number of nitrogens with zero attached hydrogens (tertiary/aromatic N) is 1. The highest BCUT2D eigenvalue weighted by Gasteiger charge is 2.28. The zero-order chi connectivity index (χ0) is 15.4. The predicted molar refractivity (Wildman–Crippen MR) is 81.5 cm³/mol. The maximum Gasteiger partial charge on any atom is 0.321 e. The van der Waals surface area contributed by atoms with E-state index in [9.17, 15) is 9.59 Å². The van der Waals surface area contributed by atoms with Crippen LogP contribution in [0.4, 0.5) is 10.5 Å². The van der Waals surface area contributed by atoms with Crippen LogP contribution in [-0.2, 0) is 4.79 Å². The van der Waals surface area contributed by atoms with Crippen LogP contribution in [0.3, 0.4) is 0 Å². The van der Waals surface area contributed by atoms with E-state index in [1.807, 2.05) is 24.3 Å². The Bertz CT molecular complexity index is 528. The number of rotatable bonds is 3. The average Bonchev–Trinajstić information content (AvgIpc) is 2.47. The first kappa shape index (κ1) is 15.4. The number of anilines is 1. The van der Waals surface area contributed by atoms with Crippen molar-refractivity contribution >= 4 is 17.7 Å². The summed E-state index contributed by atoms with van der Waals surface area (Å²) in [4.78, 5) is 24.9. The van der Waals surface area contributed by atoms with Crippen molar-refractivity contribution in [2.45, 2.75) is 32.6 Å². The monoisotopic (exact) mass is 290 g/mol. The normalized spacial score (nSPS) is 18.6. The van der Waals surface area contributed by atoms with Crippen LogP contribution in [0.1, 0.15) is 38.2 Å². The summed E-state index contributed by atoms with van der Waals surface area (Å²) in [5, 5.41) is 11.9. The molecule has 1 saturated heterocycles. The van der Waals surface area contributed by atoms with Crippen molar-refractivity contribution in [3.63, 3.8) is 0 Å². The highest BCUT2D eigenvalue weighted by molar-refractivity contribution is 5.89. The minimum atomic E-state index is -0.825. The van der Waals surface area contributed by atoms with Gasteiger partial charge < -0.3 is 15.3 Å². The zero-order valence-electron chi connectivity index (χ0n) is 12.5. The minimum Gasteiger partial charge on any atom is -0.481 e. The molecule has 5 nitrogen and oxygen atoms in total. The fraction of sp³-hybridized carbons (Fsp3) is 0.500. The first-order valence-electron chi connectivity index (χ1n) is 7.36. The second-order valence-electron chi connectivity index (χ2n) is 5.83. The molecule has 1 fully saturated rings. The highest BCUT2D eigenvalue weighted by atomic mass is 16.4. The van der Waals surface area contributed by atoms with Crippen LogP contribution in [0.15, 0.2) is 24.3 Å². The summed E-state index contributed by atoms with van der Waals surface area (Å²) in [6, 6.07) is 7.54. The van der Waals surface area contributed by atoms with Gasteiger partial charge in [-0.3, -0.25) is 4.79 Å². The molecule has 0 bridgehead atoms. The van der Waals surface area contributed by atoms with E-state index in [1.54, 1.807) is 4.90 Å². The molecule has 5 heteroatoms. The van der Waals surface area contributed by atoms with Gasteiger partial charge in [0.1, 0.15) is 0 Å². The number of likely N-dealkylation sites (tertiary alicyclic amines) is 1. The van der Waals surface area contributed by atoms with Crippen molar-refractivity contribution in [1.29, 1.82) is 0 Å². The number of carboxylic acids is 1. The van der Waals surface area contributed by atoms with E-state index in [0.29, 0.717) is 18.9 Å². The molecule has 1 aromatic carbocycles. The van der Waals surface area contributed by atoms with Crippen molar-refractivity contribution in [2.24, 2.45) is 5.92 Å². The van der Waals surface area contributed by atoms with E-state index in [4.69, 9.17) is 5.11 Å². The molecule has 114 valence electrons. The summed E-state index contributed by atoms with van der Waals surface area (Å²) >= 11 is 0. The fourth-order valence-electron chi connectivity index (χ4n) is 2.54. The van der Waals surface area contributed by atoms with Gasteiger partial charge in [0.25, 0.3) is 0 Å². The van der Waals surface area contributed by atoms with Crippen molar-refractivity contribution in [2.75, 3.05) is 18.4 Å². The van der Waals surface area contributed by atoms with E-state index in [2.05, 4.69) is 19.2 Å². The number of urea groups is 1. The van der Waals surface area contributed by atoms with Crippen LogP contribution in [-0.4, -0.2) is 35.1 Å². The molecule has 2 N–H and O–H groups in total. The number of piperidine rings is 1. The Morgan fingerprint density at radius 3 is 2.81 bits per heavy atom. The number of carbonyl (C=O) groups excluding carboxylic acids is 1. The smallest absolute Gasteiger partial charge is 0.321 e. The van der Waals surface area contributed by atoms with Gasteiger partial charge in [0.2, 0.25) is 0 Å². The molecule has 1 atom stereocenters. The highest BCUT2D eigenvalue weighted by Crippen LogP contribution is 2.20. The number of hydrogen-bond donors (Lipinski definition) is 2. The van der Waals surface area contributed by atoms with Crippen LogP contribution >= 0.6 is 0 Å². The summed E-state index contributed by atoms with van der Waals surface area (Å²) in [7, 11) is 0. The quantitative estimate of drug-likeness (QED) is 0.898. The van der Waals surface area contributed by atoms with Crippen molar-refractivity contribution < 1.29 is 14.7 Å². The molecule has 2 amide bonds. The van der Waals surface area contributed by atoms with Gasteiger partial charge in [0.05, 0.1) is 5.92 Å². The Kier molecular flexibility index (Phi) is 4.83. The maximum atomic E-state index is 12.2. The van der Waals surface area contributed by atoms with Gasteiger partial charge >= 0.3 is 12.0 Å². The molecular formula is C16H22N2O3. The molecule has 2 rings (SSSR count). The number of amides is 2. The Hall–Kier alpha value is -2.04. The van der Waals surface area contributed by atoms with Gasteiger partial charge in [-0.2, -0.15) is 0 Å². The summed E-state index contributed by atoms with van der Waals surface area (Å²) in [6.45, 7) is 5.09. The van der Waals surface area contributed by atoms with Crippen LogP contribution in [0, 0.1) is 5.92 Å². The van der Waals surface area contributed by atoms with Gasteiger partial charge in [-0.1, -0.05) is 26.0 Å². The Morgan fingerprint density at radius 2 is 2.14 bits per heavy atom. The molecule has 1 aromatic rings. The molecule has 0 radical (unpaired) electrons. The van der Waals surface area contributed by atoms with E-state index < -0.39 is 11.9 Å². The standard InChI is InChI=1S/C16H22N2O3/c1-11(2)12-5-3-7-14(9-12)17-16(21)18-8-4-6-13(10-18)15(19)20/h3,5,7,9,11,13H,4,6,8,10H2,1-2H3,(H,17,21)(H,19,20)/t13-/m0/s1. The molecule has 0 spiro atoms. The number of nitrogens with one attached hydrogen (secondary N) is 1. The topological polar surface area (TPSA) is 69.6 Å². The third-order valence-corrected chi connectivity index (χ3v) is 3.86. The maximum absolute atomic E-state index is 12.2. The molecular weight excluding hydrogens is 268 g/mol. The van der Waals surface area contributed by atoms with Crippen molar-refractivity contribution in [1.82, 2.24) is 4.90 Å². The lowest BCUT2D eigenvalue weighted by Crippen LogP contribution is -2.44. The molecule has 1 aliphatic heterocycles. The number of carboxylic acid groups (broad SMARTS) is 1. The van der Waals surface area contributed by atoms with E-state index in [0.717, 1.165) is 17.7 Å². The lowest BCUT2D eigenvalue weighted by Gasteiger charge is -2.30. The Morgan fingerprint density at radius 1 is 1.38 bits per heavy atom. The molecule has 21 heavy (non-hydrogen) atoms. The van der Waals surface area contributed by atoms with Crippen LogP contribution < -0.4 is 5.32 Å². The summed E-state index contributed by atoms with van der Waals surface area (Å²) in [6.07, 6.45) is 1.37. The Labute approximate surface area is 125 Å². The van der Waals surface area contributed by atoms with E-state index in [1.165, 1.54) is 0 Å². The molecule has 0 aliphatic carbocycles. The van der Waals surface area contributed by atoms with Crippen LogP contribution in [0.5, 0.6) is 0 Å². The van der Waals surface area contributed by atoms with E-state index >= 15 is 0 Å². The minimum absolute atomic E-state index is 0.221. The molecule has 0 unspecified atom stereocenters. The third-order valence-electron chi connectivity index (χ3n) is 3.86. The lowest BCUT2D eigenvalue weighted by molar-refractivity contribution is -0.143. The van der Waals surface area contributed by atoms with Gasteiger partial charge in [-0.15, -0.1) is 0 Å². The number of benzene rings is 1. The average molecular weight is 290 g/mol. The first-order valence-corrected chi connectivity index (χ1v) is 7.36. The van der Waals surface area contributed by atoms with Gasteiger partial charge in [-0.05, 0) is 36.5 Å². The fourth-order valence-corrected chi connectivity index (χ4v) is 2.54. The predicted octanol–water partition coefficient (Wildman–Crippen LogP) is 3.14. The van der Waals surface area contributed by atoms with Crippen LogP contribution in [0.2, 0.25) is 0 Å². The van der Waals surface area contributed by atoms with Gasteiger partial charge in [0, 0.05) is 18.8 Å². The molecule has 1 aliphatic rings. The van der Waals surface area contributed by atoms with Gasteiger partial charge in [-0.25, -0.2) is 4.79 Å². The third kappa shape index (κ3) is 3.97. The van der Waals surface area contributed by atoms with Crippen LogP contribution in [0.25, 0.3) is 0 Å². The van der Waals surface area contributed by atoms with E-state index in [-0.39, 0.29) is 12.6 Å². The van der Waals surface area contributed by atoms with Crippen molar-refractivity contribution in [3.8, 4) is 0 Å². The zero-order valence-corrected chi connectivity index (χ0v) is 12.5. The number of hydrogen-bond acceptors (Lipinski definition) is 2. The molecule has 0 saturated carbocycles. The second-order valence-corrected chi connectivity index (χ2v) is 5.83. The number of aliphatic carboxylic acids is 1. The molecule has 1 heterocycles. The van der Waals surface area contributed by atoms with Gasteiger partial charge in [0.15, 0.2) is 0 Å². The first-order chi connectivity index (χ1) is 9.97. The molecule has 0 aromatic heterocycles. The van der Waals surface area contributed by atoms with Crippen molar-refractivity contribution in [3.05, 3.63) is 29.8 Å². The largest absolute Gasteiger partial charge is 0.481 e. The second kappa shape index (κ2) is 6.61. The summed E-state index contributed by atoms with van der Waals surface area (Å²) in [5.74, 6) is -0.881. The summed E-state index contributed by atoms with van der Waals surface area (Å²) in [5.41, 5.74) is 1.92. The summed E-state index contributed by atoms with van der Waals surface area (Å²) < 4.78 is 0. The number of carbonyl (C=O) groups is 2. The Balaban J connectivity index is 2.01. The lowest BCUT2D eigenvalue weighted by atomic mass is 9.99. The SMILES string of the molecule is CC(C)c1cccc(NC(=O)N2CCC[C@H](C(=O)O)C2)c1.